The van der Waals surface area contributed by atoms with E-state index in [0.29, 0.717) is 0 Å². The Labute approximate surface area is 103 Å². The summed E-state index contributed by atoms with van der Waals surface area (Å²) in [5.41, 5.74) is 2.59. The normalized spacial score (nSPS) is 17.6. The van der Waals surface area contributed by atoms with E-state index >= 15 is 0 Å². The van der Waals surface area contributed by atoms with E-state index in [4.69, 9.17) is 11.6 Å². The van der Waals surface area contributed by atoms with Gasteiger partial charge in [0.05, 0.1) is 0 Å². The Hall–Kier alpha value is -0.950. The minimum atomic E-state index is 0.799. The summed E-state index contributed by atoms with van der Waals surface area (Å²) in [6, 6.07) is 8.01. The molecule has 0 unspecified atom stereocenters. The van der Waals surface area contributed by atoms with Crippen molar-refractivity contribution in [1.29, 1.82) is 0 Å². The third-order valence-electron chi connectivity index (χ3n) is 3.10. The molecule has 1 heterocycles. The molecule has 1 fully saturated rings. The number of halogens is 1. The zero-order chi connectivity index (χ0) is 11.4. The summed E-state index contributed by atoms with van der Waals surface area (Å²) < 4.78 is 0. The van der Waals surface area contributed by atoms with E-state index < -0.39 is 0 Å². The molecule has 0 N–H and O–H groups in total. The predicted molar refractivity (Wildman–Crippen MR) is 70.5 cm³/mol. The molecular formula is C14H18ClN. The van der Waals surface area contributed by atoms with Crippen molar-refractivity contribution in [2.75, 3.05) is 13.1 Å². The predicted octanol–water partition coefficient (Wildman–Crippen LogP) is 4.19. The smallest absolute Gasteiger partial charge is 0.0406 e. The minimum Gasteiger partial charge on any atom is -0.375 e. The van der Waals surface area contributed by atoms with E-state index in [1.165, 1.54) is 43.6 Å². The second-order valence-electron chi connectivity index (χ2n) is 4.38. The monoisotopic (exact) mass is 235 g/mol. The van der Waals surface area contributed by atoms with Gasteiger partial charge in [-0.2, -0.15) is 0 Å². The molecule has 0 saturated carbocycles. The Morgan fingerprint density at radius 1 is 1.12 bits per heavy atom. The Morgan fingerprint density at radius 2 is 1.75 bits per heavy atom. The lowest BCUT2D eigenvalue weighted by Gasteiger charge is -2.29. The number of hydrogen-bond acceptors (Lipinski definition) is 1. The number of likely N-dealkylation sites (tertiary alicyclic amines) is 1. The molecule has 0 radical (unpaired) electrons. The van der Waals surface area contributed by atoms with Gasteiger partial charge < -0.3 is 4.90 Å². The van der Waals surface area contributed by atoms with E-state index in [9.17, 15) is 0 Å². The molecular weight excluding hydrogens is 218 g/mol. The maximum Gasteiger partial charge on any atom is 0.0406 e. The lowest BCUT2D eigenvalue weighted by Crippen LogP contribution is -2.27. The second kappa shape index (κ2) is 5.40. The van der Waals surface area contributed by atoms with Gasteiger partial charge in [0, 0.05) is 23.8 Å². The van der Waals surface area contributed by atoms with E-state index in [-0.39, 0.29) is 0 Å². The highest BCUT2D eigenvalue weighted by molar-refractivity contribution is 6.30. The Balaban J connectivity index is 2.07. The van der Waals surface area contributed by atoms with Crippen LogP contribution in [0.4, 0.5) is 0 Å². The molecule has 0 spiro atoms. The summed E-state index contributed by atoms with van der Waals surface area (Å²) in [5, 5.41) is 0.799. The third-order valence-corrected chi connectivity index (χ3v) is 3.35. The minimum absolute atomic E-state index is 0.799. The molecule has 1 aromatic rings. The van der Waals surface area contributed by atoms with Gasteiger partial charge in [0.2, 0.25) is 0 Å². The topological polar surface area (TPSA) is 3.24 Å². The van der Waals surface area contributed by atoms with Gasteiger partial charge in [-0.25, -0.2) is 0 Å². The number of allylic oxidation sites excluding steroid dienone is 1. The first kappa shape index (κ1) is 11.5. The molecule has 1 aliphatic rings. The standard InChI is InChI=1S/C14H18ClN/c1-12(16-9-3-2-4-10-16)11-13-5-7-14(15)8-6-13/h5-8,11H,2-4,9-10H2,1H3/b12-11+. The van der Waals surface area contributed by atoms with Crippen LogP contribution in [0, 0.1) is 0 Å². The Kier molecular flexibility index (Phi) is 3.89. The van der Waals surface area contributed by atoms with Crippen molar-refractivity contribution >= 4 is 17.7 Å². The van der Waals surface area contributed by atoms with E-state index in [1.807, 2.05) is 12.1 Å². The highest BCUT2D eigenvalue weighted by atomic mass is 35.5. The van der Waals surface area contributed by atoms with Gasteiger partial charge in [-0.3, -0.25) is 0 Å². The summed E-state index contributed by atoms with van der Waals surface area (Å²) >= 11 is 5.87. The second-order valence-corrected chi connectivity index (χ2v) is 4.82. The van der Waals surface area contributed by atoms with Crippen LogP contribution >= 0.6 is 11.6 Å². The maximum atomic E-state index is 5.87. The van der Waals surface area contributed by atoms with Crippen LogP contribution in [-0.4, -0.2) is 18.0 Å². The Bertz CT molecular complexity index is 361. The van der Waals surface area contributed by atoms with Crippen molar-refractivity contribution in [3.05, 3.63) is 40.5 Å². The van der Waals surface area contributed by atoms with Crippen LogP contribution < -0.4 is 0 Å². The molecule has 86 valence electrons. The quantitative estimate of drug-likeness (QED) is 0.743. The fraction of sp³-hybridized carbons (Fsp3) is 0.429. The van der Waals surface area contributed by atoms with Crippen LogP contribution in [0.15, 0.2) is 30.0 Å². The van der Waals surface area contributed by atoms with Crippen molar-refractivity contribution in [2.45, 2.75) is 26.2 Å². The molecule has 0 amide bonds. The third kappa shape index (κ3) is 3.02. The van der Waals surface area contributed by atoms with Crippen molar-refractivity contribution in [1.82, 2.24) is 4.90 Å². The largest absolute Gasteiger partial charge is 0.375 e. The van der Waals surface area contributed by atoms with Gasteiger partial charge in [0.15, 0.2) is 0 Å². The molecule has 0 aromatic heterocycles. The fourth-order valence-corrected chi connectivity index (χ4v) is 2.26. The first-order valence-electron chi connectivity index (χ1n) is 5.94. The molecule has 0 aliphatic carbocycles. The Morgan fingerprint density at radius 3 is 2.38 bits per heavy atom. The molecule has 2 heteroatoms. The molecule has 0 atom stereocenters. The fourth-order valence-electron chi connectivity index (χ4n) is 2.14. The van der Waals surface area contributed by atoms with Crippen LogP contribution in [0.3, 0.4) is 0 Å². The average molecular weight is 236 g/mol. The van der Waals surface area contributed by atoms with Crippen LogP contribution in [0.1, 0.15) is 31.7 Å². The van der Waals surface area contributed by atoms with E-state index in [0.717, 1.165) is 5.02 Å². The summed E-state index contributed by atoms with van der Waals surface area (Å²) in [6.45, 7) is 4.60. The van der Waals surface area contributed by atoms with Crippen molar-refractivity contribution in [3.8, 4) is 0 Å². The molecule has 2 rings (SSSR count). The number of rotatable bonds is 2. The SMILES string of the molecule is C/C(=C\c1ccc(Cl)cc1)N1CCCCC1. The van der Waals surface area contributed by atoms with Crippen molar-refractivity contribution < 1.29 is 0 Å². The van der Waals surface area contributed by atoms with Gasteiger partial charge in [-0.15, -0.1) is 0 Å². The molecule has 1 saturated heterocycles. The number of piperidine rings is 1. The molecule has 1 nitrogen and oxygen atoms in total. The summed E-state index contributed by atoms with van der Waals surface area (Å²) in [7, 11) is 0. The maximum absolute atomic E-state index is 5.87. The van der Waals surface area contributed by atoms with Crippen LogP contribution in [0.5, 0.6) is 0 Å². The highest BCUT2D eigenvalue weighted by Crippen LogP contribution is 2.18. The van der Waals surface area contributed by atoms with Gasteiger partial charge in [-0.05, 0) is 50.0 Å². The highest BCUT2D eigenvalue weighted by Gasteiger charge is 2.09. The van der Waals surface area contributed by atoms with Crippen molar-refractivity contribution in [2.24, 2.45) is 0 Å². The van der Waals surface area contributed by atoms with Crippen LogP contribution in [-0.2, 0) is 0 Å². The summed E-state index contributed by atoms with van der Waals surface area (Å²) in [5.74, 6) is 0. The zero-order valence-electron chi connectivity index (χ0n) is 9.75. The van der Waals surface area contributed by atoms with Crippen molar-refractivity contribution in [3.63, 3.8) is 0 Å². The van der Waals surface area contributed by atoms with Gasteiger partial charge >= 0.3 is 0 Å². The molecule has 16 heavy (non-hydrogen) atoms. The molecule has 1 aliphatic heterocycles. The van der Waals surface area contributed by atoms with E-state index in [2.05, 4.69) is 30.0 Å². The molecule has 0 bridgehead atoms. The molecule has 1 aromatic carbocycles. The lowest BCUT2D eigenvalue weighted by atomic mass is 10.1. The zero-order valence-corrected chi connectivity index (χ0v) is 10.5. The lowest BCUT2D eigenvalue weighted by molar-refractivity contribution is 0.288. The van der Waals surface area contributed by atoms with Crippen LogP contribution in [0.25, 0.3) is 6.08 Å². The first-order valence-corrected chi connectivity index (χ1v) is 6.32. The average Bonchev–Trinajstić information content (AvgIpc) is 2.33. The number of benzene rings is 1. The summed E-state index contributed by atoms with van der Waals surface area (Å²) in [6.07, 6.45) is 6.27. The van der Waals surface area contributed by atoms with Gasteiger partial charge in [0.25, 0.3) is 0 Å². The van der Waals surface area contributed by atoms with Gasteiger partial charge in [-0.1, -0.05) is 23.7 Å². The first-order chi connectivity index (χ1) is 7.75. The number of nitrogens with zero attached hydrogens (tertiary/aromatic N) is 1. The number of hydrogen-bond donors (Lipinski definition) is 0. The van der Waals surface area contributed by atoms with Crippen LogP contribution in [0.2, 0.25) is 5.02 Å². The van der Waals surface area contributed by atoms with E-state index in [1.54, 1.807) is 0 Å². The summed E-state index contributed by atoms with van der Waals surface area (Å²) in [4.78, 5) is 2.47. The van der Waals surface area contributed by atoms with Gasteiger partial charge in [0.1, 0.15) is 0 Å².